The van der Waals surface area contributed by atoms with Crippen LogP contribution in [0.5, 0.6) is 5.75 Å². The number of benzene rings is 1. The van der Waals surface area contributed by atoms with Gasteiger partial charge < -0.3 is 9.30 Å². The van der Waals surface area contributed by atoms with Crippen LogP contribution >= 0.6 is 11.6 Å². The van der Waals surface area contributed by atoms with Gasteiger partial charge in [-0.3, -0.25) is 18.7 Å². The van der Waals surface area contributed by atoms with Crippen molar-refractivity contribution in [2.24, 2.45) is 14.1 Å². The van der Waals surface area contributed by atoms with Crippen LogP contribution in [-0.4, -0.2) is 31.6 Å². The SMILES string of the molecule is COc1ccc(C(C)=O)cc1Cn1c(Cl)nc2c1c(=O)n(C)c(=O)n2C. The van der Waals surface area contributed by atoms with Gasteiger partial charge in [-0.25, -0.2) is 4.79 Å². The molecule has 0 aliphatic rings. The lowest BCUT2D eigenvalue weighted by molar-refractivity contribution is 0.101. The molecular weight excluding hydrogens is 360 g/mol. The number of fused-ring (bicyclic) bond motifs is 1. The Kier molecular flexibility index (Phi) is 4.45. The third kappa shape index (κ3) is 2.72. The molecule has 9 heteroatoms. The van der Waals surface area contributed by atoms with E-state index in [1.54, 1.807) is 18.2 Å². The summed E-state index contributed by atoms with van der Waals surface area (Å²) in [6, 6.07) is 5.05. The number of carbonyl (C=O) groups is 1. The van der Waals surface area contributed by atoms with Crippen LogP contribution in [0.3, 0.4) is 0 Å². The van der Waals surface area contributed by atoms with Gasteiger partial charge in [0.25, 0.3) is 5.56 Å². The first-order valence-corrected chi connectivity index (χ1v) is 8.13. The Morgan fingerprint density at radius 3 is 2.54 bits per heavy atom. The molecule has 0 fully saturated rings. The van der Waals surface area contributed by atoms with Crippen LogP contribution in [0.25, 0.3) is 11.2 Å². The highest BCUT2D eigenvalue weighted by atomic mass is 35.5. The largest absolute Gasteiger partial charge is 0.496 e. The third-order valence-electron chi connectivity index (χ3n) is 4.32. The molecule has 0 saturated heterocycles. The Morgan fingerprint density at radius 2 is 1.92 bits per heavy atom. The predicted molar refractivity (Wildman–Crippen MR) is 97.3 cm³/mol. The highest BCUT2D eigenvalue weighted by molar-refractivity contribution is 6.29. The molecule has 2 heterocycles. The average molecular weight is 377 g/mol. The van der Waals surface area contributed by atoms with Crippen molar-refractivity contribution in [2.45, 2.75) is 13.5 Å². The molecule has 0 bridgehead atoms. The molecular formula is C17H17ClN4O4. The Hall–Kier alpha value is -2.87. The van der Waals surface area contributed by atoms with Crippen molar-refractivity contribution in [3.05, 3.63) is 55.4 Å². The summed E-state index contributed by atoms with van der Waals surface area (Å²) < 4.78 is 9.12. The summed E-state index contributed by atoms with van der Waals surface area (Å²) in [6.45, 7) is 1.63. The Morgan fingerprint density at radius 1 is 1.23 bits per heavy atom. The molecule has 0 unspecified atom stereocenters. The summed E-state index contributed by atoms with van der Waals surface area (Å²) in [5, 5.41) is 0.0635. The quantitative estimate of drug-likeness (QED) is 0.506. The predicted octanol–water partition coefficient (Wildman–Crippen LogP) is 1.35. The summed E-state index contributed by atoms with van der Waals surface area (Å²) in [7, 11) is 4.43. The molecule has 26 heavy (non-hydrogen) atoms. The Bertz CT molecular complexity index is 1160. The summed E-state index contributed by atoms with van der Waals surface area (Å²) in [5.41, 5.74) is 0.600. The average Bonchev–Trinajstić information content (AvgIpc) is 2.94. The number of aryl methyl sites for hydroxylation is 1. The number of carbonyl (C=O) groups excluding carboxylic acids is 1. The van der Waals surface area contributed by atoms with Gasteiger partial charge >= 0.3 is 5.69 Å². The van der Waals surface area contributed by atoms with Crippen molar-refractivity contribution in [3.8, 4) is 5.75 Å². The van der Waals surface area contributed by atoms with Crippen LogP contribution in [-0.2, 0) is 20.6 Å². The highest BCUT2D eigenvalue weighted by Crippen LogP contribution is 2.24. The molecule has 0 radical (unpaired) electrons. The van der Waals surface area contributed by atoms with Crippen LogP contribution < -0.4 is 16.0 Å². The van der Waals surface area contributed by atoms with Crippen LogP contribution in [0.1, 0.15) is 22.8 Å². The molecule has 0 aliphatic heterocycles. The first kappa shape index (κ1) is 17.9. The Labute approximate surface area is 153 Å². The topological polar surface area (TPSA) is 88.1 Å². The zero-order valence-corrected chi connectivity index (χ0v) is 15.5. The zero-order chi connectivity index (χ0) is 19.2. The minimum atomic E-state index is -0.496. The van der Waals surface area contributed by atoms with E-state index >= 15 is 0 Å². The monoisotopic (exact) mass is 376 g/mol. The van der Waals surface area contributed by atoms with Crippen LogP contribution in [0, 0.1) is 0 Å². The molecule has 0 amide bonds. The van der Waals surface area contributed by atoms with Gasteiger partial charge in [0.15, 0.2) is 16.9 Å². The fourth-order valence-electron chi connectivity index (χ4n) is 2.86. The number of Topliss-reactive ketones (excluding diaryl/α,β-unsaturated/α-hetero) is 1. The number of aromatic nitrogens is 4. The molecule has 0 saturated carbocycles. The van der Waals surface area contributed by atoms with Gasteiger partial charge in [-0.15, -0.1) is 0 Å². The van der Waals surface area contributed by atoms with E-state index in [1.165, 1.54) is 37.3 Å². The molecule has 3 rings (SSSR count). The van der Waals surface area contributed by atoms with E-state index in [1.807, 2.05) is 0 Å². The number of ether oxygens (including phenoxy) is 1. The smallest absolute Gasteiger partial charge is 0.332 e. The molecule has 0 N–H and O–H groups in total. The molecule has 136 valence electrons. The lowest BCUT2D eigenvalue weighted by Crippen LogP contribution is -2.37. The summed E-state index contributed by atoms with van der Waals surface area (Å²) in [5.74, 6) is 0.461. The van der Waals surface area contributed by atoms with E-state index in [9.17, 15) is 14.4 Å². The first-order valence-electron chi connectivity index (χ1n) is 7.75. The van der Waals surface area contributed by atoms with E-state index in [2.05, 4.69) is 4.98 Å². The maximum absolute atomic E-state index is 12.6. The second-order valence-corrected chi connectivity index (χ2v) is 6.27. The highest BCUT2D eigenvalue weighted by Gasteiger charge is 2.19. The van der Waals surface area contributed by atoms with Crippen molar-refractivity contribution in [2.75, 3.05) is 7.11 Å². The van der Waals surface area contributed by atoms with Crippen molar-refractivity contribution < 1.29 is 9.53 Å². The number of hydrogen-bond donors (Lipinski definition) is 0. The standard InChI is InChI=1S/C17H17ClN4O4/c1-9(23)10-5-6-12(26-4)11(7-10)8-22-13-14(19-16(22)18)20(2)17(25)21(3)15(13)24/h5-7H,8H2,1-4H3. The van der Waals surface area contributed by atoms with Crippen molar-refractivity contribution >= 4 is 28.5 Å². The van der Waals surface area contributed by atoms with Gasteiger partial charge in [0.1, 0.15) is 5.75 Å². The van der Waals surface area contributed by atoms with Crippen molar-refractivity contribution in [1.29, 1.82) is 0 Å². The van der Waals surface area contributed by atoms with Gasteiger partial charge in [-0.1, -0.05) is 0 Å². The maximum atomic E-state index is 12.6. The fraction of sp³-hybridized carbons (Fsp3) is 0.294. The molecule has 0 atom stereocenters. The number of ketones is 1. The first-order chi connectivity index (χ1) is 12.3. The molecule has 2 aromatic heterocycles. The molecule has 0 aliphatic carbocycles. The van der Waals surface area contributed by atoms with Gasteiger partial charge in [0, 0.05) is 25.2 Å². The number of rotatable bonds is 4. The van der Waals surface area contributed by atoms with E-state index in [-0.39, 0.29) is 28.8 Å². The fourth-order valence-corrected chi connectivity index (χ4v) is 3.08. The van der Waals surface area contributed by atoms with Gasteiger partial charge in [-0.2, -0.15) is 4.98 Å². The second-order valence-electron chi connectivity index (χ2n) is 5.93. The van der Waals surface area contributed by atoms with Crippen LogP contribution in [0.4, 0.5) is 0 Å². The zero-order valence-electron chi connectivity index (χ0n) is 14.7. The number of halogens is 1. The maximum Gasteiger partial charge on any atom is 0.332 e. The van der Waals surface area contributed by atoms with Crippen LogP contribution in [0.2, 0.25) is 5.28 Å². The van der Waals surface area contributed by atoms with Crippen molar-refractivity contribution in [3.63, 3.8) is 0 Å². The summed E-state index contributed by atoms with van der Waals surface area (Å²) in [6.07, 6.45) is 0. The molecule has 0 spiro atoms. The molecule has 1 aromatic carbocycles. The lowest BCUT2D eigenvalue weighted by atomic mass is 10.1. The van der Waals surface area contributed by atoms with E-state index < -0.39 is 11.2 Å². The second kappa shape index (κ2) is 6.45. The van der Waals surface area contributed by atoms with Gasteiger partial charge in [0.05, 0.1) is 13.7 Å². The lowest BCUT2D eigenvalue weighted by Gasteiger charge is -2.12. The number of imidazole rings is 1. The van der Waals surface area contributed by atoms with Gasteiger partial charge in [0.2, 0.25) is 5.28 Å². The Balaban J connectivity index is 2.27. The van der Waals surface area contributed by atoms with E-state index in [0.29, 0.717) is 16.9 Å². The summed E-state index contributed by atoms with van der Waals surface area (Å²) in [4.78, 5) is 40.5. The normalized spacial score (nSPS) is 11.1. The third-order valence-corrected chi connectivity index (χ3v) is 4.61. The molecule has 3 aromatic rings. The molecule has 8 nitrogen and oxygen atoms in total. The van der Waals surface area contributed by atoms with Crippen LogP contribution in [0.15, 0.2) is 27.8 Å². The van der Waals surface area contributed by atoms with E-state index in [0.717, 1.165) is 4.57 Å². The minimum Gasteiger partial charge on any atom is -0.496 e. The minimum absolute atomic E-state index is 0.0635. The number of hydrogen-bond acceptors (Lipinski definition) is 5. The summed E-state index contributed by atoms with van der Waals surface area (Å²) >= 11 is 6.24. The van der Waals surface area contributed by atoms with E-state index in [4.69, 9.17) is 16.3 Å². The van der Waals surface area contributed by atoms with Gasteiger partial charge in [-0.05, 0) is 36.7 Å². The van der Waals surface area contributed by atoms with Crippen molar-refractivity contribution in [1.82, 2.24) is 18.7 Å². The number of nitrogens with zero attached hydrogens (tertiary/aromatic N) is 4. The number of methoxy groups -OCH3 is 1.